The van der Waals surface area contributed by atoms with Crippen LogP contribution in [0.2, 0.25) is 10.0 Å². The van der Waals surface area contributed by atoms with Gasteiger partial charge in [0.1, 0.15) is 0 Å². The molecule has 0 radical (unpaired) electrons. The molecular formula is C14H19Cl2N3O2. The van der Waals surface area contributed by atoms with E-state index in [4.69, 9.17) is 39.5 Å². The fourth-order valence-electron chi connectivity index (χ4n) is 1.69. The summed E-state index contributed by atoms with van der Waals surface area (Å²) in [6, 6.07) is 4.79. The lowest BCUT2D eigenvalue weighted by Crippen LogP contribution is -2.41. The van der Waals surface area contributed by atoms with Gasteiger partial charge in [-0.05, 0) is 32.9 Å². The number of rotatable bonds is 5. The molecule has 0 spiro atoms. The molecule has 0 aromatic heterocycles. The molecule has 0 fully saturated rings. The topological polar surface area (TPSA) is 81.6 Å². The number of hydrogen-bond donors (Lipinski definition) is 2. The molecule has 0 unspecified atom stereocenters. The van der Waals surface area contributed by atoms with Crippen molar-refractivity contribution < 1.29 is 9.53 Å². The summed E-state index contributed by atoms with van der Waals surface area (Å²) in [5.41, 5.74) is 6.57. The van der Waals surface area contributed by atoms with E-state index >= 15 is 0 Å². The van der Waals surface area contributed by atoms with E-state index in [9.17, 15) is 4.79 Å². The van der Waals surface area contributed by atoms with Crippen LogP contribution >= 0.6 is 23.2 Å². The van der Waals surface area contributed by atoms with E-state index in [-0.39, 0.29) is 24.0 Å². The summed E-state index contributed by atoms with van der Waals surface area (Å²) in [5.74, 6) is 5.32. The zero-order valence-electron chi connectivity index (χ0n) is 12.2. The van der Waals surface area contributed by atoms with Gasteiger partial charge in [0, 0.05) is 11.6 Å². The average molecular weight is 332 g/mol. The van der Waals surface area contributed by atoms with E-state index < -0.39 is 5.97 Å². The summed E-state index contributed by atoms with van der Waals surface area (Å²) in [7, 11) is 0. The minimum absolute atomic E-state index is 0.0295. The van der Waals surface area contributed by atoms with Crippen molar-refractivity contribution in [1.82, 2.24) is 5.01 Å². The van der Waals surface area contributed by atoms with Gasteiger partial charge in [-0.25, -0.2) is 10.6 Å². The molecule has 1 aromatic rings. The number of hydrogen-bond acceptors (Lipinski definition) is 5. The molecule has 0 atom stereocenters. The van der Waals surface area contributed by atoms with Crippen molar-refractivity contribution in [1.29, 1.82) is 0 Å². The zero-order chi connectivity index (χ0) is 16.2. The Bertz CT molecular complexity index is 539. The Morgan fingerprint density at radius 2 is 1.86 bits per heavy atom. The first-order chi connectivity index (χ1) is 9.81. The van der Waals surface area contributed by atoms with Crippen LogP contribution in [0.1, 0.15) is 26.3 Å². The first-order valence-electron chi connectivity index (χ1n) is 6.46. The Morgan fingerprint density at radius 1 is 1.33 bits per heavy atom. The molecule has 116 valence electrons. The van der Waals surface area contributed by atoms with Crippen molar-refractivity contribution >= 4 is 34.9 Å². The molecule has 0 heterocycles. The molecule has 21 heavy (non-hydrogen) atoms. The quantitative estimate of drug-likeness (QED) is 0.375. The molecule has 1 rings (SSSR count). The highest BCUT2D eigenvalue weighted by Gasteiger charge is 2.25. The summed E-state index contributed by atoms with van der Waals surface area (Å²) >= 11 is 12.2. The Labute approximate surface area is 134 Å². The highest BCUT2D eigenvalue weighted by Crippen LogP contribution is 2.31. The van der Waals surface area contributed by atoms with Gasteiger partial charge in [0.15, 0.2) is 5.70 Å². The highest BCUT2D eigenvalue weighted by molar-refractivity contribution is 6.37. The van der Waals surface area contributed by atoms with Crippen LogP contribution < -0.4 is 11.6 Å². The number of carbonyl (C=O) groups is 1. The summed E-state index contributed by atoms with van der Waals surface area (Å²) in [6.45, 7) is 5.55. The van der Waals surface area contributed by atoms with E-state index in [0.717, 1.165) is 0 Å². The predicted octanol–water partition coefficient (Wildman–Crippen LogP) is 2.77. The van der Waals surface area contributed by atoms with Crippen LogP contribution in [0.3, 0.4) is 0 Å². The van der Waals surface area contributed by atoms with E-state index in [2.05, 4.69) is 0 Å². The first-order valence-corrected chi connectivity index (χ1v) is 7.22. The minimum atomic E-state index is -0.623. The lowest BCUT2D eigenvalue weighted by Gasteiger charge is -2.26. The normalized spacial score (nSPS) is 12.1. The number of nitrogens with zero attached hydrogens (tertiary/aromatic N) is 1. The number of halogens is 2. The minimum Gasteiger partial charge on any atom is -0.461 e. The van der Waals surface area contributed by atoms with Crippen LogP contribution in [0.25, 0.3) is 5.70 Å². The van der Waals surface area contributed by atoms with Gasteiger partial charge in [-0.15, -0.1) is 0 Å². The van der Waals surface area contributed by atoms with E-state index in [1.807, 2.05) is 13.8 Å². The Morgan fingerprint density at radius 3 is 2.29 bits per heavy atom. The molecular weight excluding hydrogens is 313 g/mol. The molecule has 0 amide bonds. The molecule has 0 saturated heterocycles. The largest absolute Gasteiger partial charge is 0.461 e. The lowest BCUT2D eigenvalue weighted by atomic mass is 10.1. The van der Waals surface area contributed by atoms with Crippen molar-refractivity contribution in [3.63, 3.8) is 0 Å². The van der Waals surface area contributed by atoms with Gasteiger partial charge >= 0.3 is 5.97 Å². The molecule has 7 heteroatoms. The molecule has 0 bridgehead atoms. The van der Waals surface area contributed by atoms with Crippen LogP contribution in [0.15, 0.2) is 23.9 Å². The van der Waals surface area contributed by atoms with Gasteiger partial charge in [-0.2, -0.15) is 0 Å². The standard InChI is InChI=1S/C14H19Cl2N3O2/c1-4-21-14(20)13(19(18)8(2)3)12(17)11-9(15)6-5-7-10(11)16/h5-8H,4,17-18H2,1-3H3. The zero-order valence-corrected chi connectivity index (χ0v) is 13.7. The van der Waals surface area contributed by atoms with Crippen LogP contribution in [-0.2, 0) is 9.53 Å². The van der Waals surface area contributed by atoms with E-state index in [1.54, 1.807) is 25.1 Å². The molecule has 4 N–H and O–H groups in total. The van der Waals surface area contributed by atoms with Crippen molar-refractivity contribution in [3.05, 3.63) is 39.5 Å². The average Bonchev–Trinajstić information content (AvgIpc) is 2.38. The van der Waals surface area contributed by atoms with Gasteiger partial charge < -0.3 is 15.5 Å². The Hall–Kier alpha value is -1.43. The van der Waals surface area contributed by atoms with Gasteiger partial charge in [0.2, 0.25) is 0 Å². The van der Waals surface area contributed by atoms with Crippen LogP contribution in [0, 0.1) is 0 Å². The van der Waals surface area contributed by atoms with Crippen molar-refractivity contribution in [2.24, 2.45) is 11.6 Å². The maximum Gasteiger partial charge on any atom is 0.358 e. The number of carbonyl (C=O) groups excluding carboxylic acids is 1. The lowest BCUT2D eigenvalue weighted by molar-refractivity contribution is -0.140. The molecule has 0 saturated carbocycles. The summed E-state index contributed by atoms with van der Waals surface area (Å²) in [6.07, 6.45) is 0. The number of benzene rings is 1. The monoisotopic (exact) mass is 331 g/mol. The molecule has 0 aliphatic carbocycles. The second-order valence-corrected chi connectivity index (χ2v) is 5.39. The van der Waals surface area contributed by atoms with Crippen molar-refractivity contribution in [2.45, 2.75) is 26.8 Å². The predicted molar refractivity (Wildman–Crippen MR) is 85.4 cm³/mol. The van der Waals surface area contributed by atoms with E-state index in [0.29, 0.717) is 15.6 Å². The maximum absolute atomic E-state index is 12.2. The third kappa shape index (κ3) is 4.03. The molecule has 1 aromatic carbocycles. The summed E-state index contributed by atoms with van der Waals surface area (Å²) in [5, 5.41) is 1.91. The van der Waals surface area contributed by atoms with Gasteiger partial charge in [-0.3, -0.25) is 0 Å². The van der Waals surface area contributed by atoms with Gasteiger partial charge in [0.05, 0.1) is 22.3 Å². The maximum atomic E-state index is 12.2. The third-order valence-corrected chi connectivity index (χ3v) is 3.40. The molecule has 0 aliphatic heterocycles. The molecule has 0 aliphatic rings. The van der Waals surface area contributed by atoms with Crippen LogP contribution in [0.4, 0.5) is 0 Å². The van der Waals surface area contributed by atoms with Crippen molar-refractivity contribution in [3.8, 4) is 0 Å². The first kappa shape index (κ1) is 17.6. The number of ether oxygens (including phenoxy) is 1. The SMILES string of the molecule is CCOC(=O)C(=C(N)c1c(Cl)cccc1Cl)N(N)C(C)C. The summed E-state index contributed by atoms with van der Waals surface area (Å²) < 4.78 is 5.01. The third-order valence-electron chi connectivity index (χ3n) is 2.77. The van der Waals surface area contributed by atoms with Gasteiger partial charge in [-0.1, -0.05) is 29.3 Å². The Kier molecular flexibility index (Phi) is 6.33. The van der Waals surface area contributed by atoms with Crippen LogP contribution in [-0.4, -0.2) is 23.6 Å². The van der Waals surface area contributed by atoms with Crippen molar-refractivity contribution in [2.75, 3.05) is 6.61 Å². The fourth-order valence-corrected chi connectivity index (χ4v) is 2.29. The number of hydrazine groups is 1. The highest BCUT2D eigenvalue weighted by atomic mass is 35.5. The summed E-state index contributed by atoms with van der Waals surface area (Å²) in [4.78, 5) is 12.2. The Balaban J connectivity index is 3.49. The number of nitrogens with two attached hydrogens (primary N) is 2. The van der Waals surface area contributed by atoms with E-state index in [1.165, 1.54) is 5.01 Å². The second kappa shape index (κ2) is 7.54. The fraction of sp³-hybridized carbons (Fsp3) is 0.357. The number of esters is 1. The van der Waals surface area contributed by atoms with Crippen LogP contribution in [0.5, 0.6) is 0 Å². The van der Waals surface area contributed by atoms with Gasteiger partial charge in [0.25, 0.3) is 0 Å². The second-order valence-electron chi connectivity index (χ2n) is 4.58. The molecule has 5 nitrogen and oxygen atoms in total. The smallest absolute Gasteiger partial charge is 0.358 e.